The monoisotopic (exact) mass is 536 g/mol. The van der Waals surface area contributed by atoms with Gasteiger partial charge in [0.25, 0.3) is 0 Å². The average Bonchev–Trinajstić information content (AvgIpc) is 3.25. The Labute approximate surface area is 225 Å². The Morgan fingerprint density at radius 3 is 2.64 bits per heavy atom. The number of nitrogens with zero attached hydrogens (tertiary/aromatic N) is 3. The number of nitrogens with one attached hydrogen (secondary N) is 1. The molecule has 39 heavy (non-hydrogen) atoms. The zero-order valence-corrected chi connectivity index (χ0v) is 21.9. The van der Waals surface area contributed by atoms with Crippen molar-refractivity contribution in [2.24, 2.45) is 5.92 Å². The van der Waals surface area contributed by atoms with E-state index >= 15 is 8.78 Å². The number of halogens is 3. The minimum Gasteiger partial charge on any atom is -0.492 e. The van der Waals surface area contributed by atoms with Gasteiger partial charge in [0.1, 0.15) is 24.0 Å². The van der Waals surface area contributed by atoms with Gasteiger partial charge in [0, 0.05) is 73.2 Å². The van der Waals surface area contributed by atoms with E-state index in [1.165, 1.54) is 0 Å². The molecule has 2 atom stereocenters. The molecule has 3 heterocycles. The van der Waals surface area contributed by atoms with Gasteiger partial charge in [0.05, 0.1) is 24.3 Å². The summed E-state index contributed by atoms with van der Waals surface area (Å²) in [6.45, 7) is 7.71. The van der Waals surface area contributed by atoms with Crippen molar-refractivity contribution < 1.29 is 22.7 Å². The molecular formula is C30H31F3N4O2. The summed E-state index contributed by atoms with van der Waals surface area (Å²) in [5.41, 5.74) is 2.32. The standard InChI is InChI=1S/C30H31F3N4O2/c1-18-12-23-22-6-3-4-7-26(22)35-29(23)30(37(18)27(38)8-5-9-34)19(2)28-24(32)13-21(14-25(28)33)39-11-10-36-16-20(15-31)17-36/h3-4,6-7,13-14,18,20,30,35H,2,5,8,10-12,15-17H2,1H3/t18-,30-/m1/s1. The summed E-state index contributed by atoms with van der Waals surface area (Å²) in [4.78, 5) is 20.3. The Hall–Kier alpha value is -3.77. The van der Waals surface area contributed by atoms with E-state index < -0.39 is 17.7 Å². The van der Waals surface area contributed by atoms with Gasteiger partial charge in [-0.3, -0.25) is 14.1 Å². The second-order valence-corrected chi connectivity index (χ2v) is 10.4. The zero-order valence-electron chi connectivity index (χ0n) is 21.9. The molecule has 0 radical (unpaired) electrons. The number of carbonyl (C=O) groups is 1. The van der Waals surface area contributed by atoms with E-state index in [0.717, 1.165) is 28.6 Å². The van der Waals surface area contributed by atoms with Crippen molar-refractivity contribution >= 4 is 22.4 Å². The lowest BCUT2D eigenvalue weighted by atomic mass is 9.86. The van der Waals surface area contributed by atoms with Crippen LogP contribution in [0.3, 0.4) is 0 Å². The molecule has 9 heteroatoms. The first-order chi connectivity index (χ1) is 18.8. The molecule has 2 aromatic carbocycles. The van der Waals surface area contributed by atoms with E-state index in [1.807, 2.05) is 42.2 Å². The Bertz CT molecular complexity index is 1420. The number of aromatic nitrogens is 1. The predicted octanol–water partition coefficient (Wildman–Crippen LogP) is 5.56. The van der Waals surface area contributed by atoms with Crippen LogP contribution in [0.25, 0.3) is 16.5 Å². The van der Waals surface area contributed by atoms with Crippen LogP contribution in [0.2, 0.25) is 0 Å². The first-order valence-electron chi connectivity index (χ1n) is 13.2. The number of H-pyrrole nitrogens is 1. The van der Waals surface area contributed by atoms with Crippen LogP contribution in [-0.2, 0) is 11.2 Å². The Kier molecular flexibility index (Phi) is 7.67. The van der Waals surface area contributed by atoms with Crippen LogP contribution in [0.15, 0.2) is 43.0 Å². The van der Waals surface area contributed by atoms with Gasteiger partial charge < -0.3 is 14.6 Å². The lowest BCUT2D eigenvalue weighted by Gasteiger charge is -2.42. The molecule has 5 rings (SSSR count). The van der Waals surface area contributed by atoms with Crippen LogP contribution in [-0.4, -0.2) is 59.6 Å². The largest absolute Gasteiger partial charge is 0.492 e. The minimum absolute atomic E-state index is 0.00101. The Balaban J connectivity index is 1.45. The molecule has 1 amide bonds. The van der Waals surface area contributed by atoms with Crippen molar-refractivity contribution in [3.8, 4) is 11.8 Å². The number of carbonyl (C=O) groups excluding carboxylic acids is 1. The lowest BCUT2D eigenvalue weighted by molar-refractivity contribution is -0.135. The minimum atomic E-state index is -0.840. The van der Waals surface area contributed by atoms with E-state index in [9.17, 15) is 9.18 Å². The summed E-state index contributed by atoms with van der Waals surface area (Å²) in [5.74, 6) is -1.85. The number of rotatable bonds is 9. The summed E-state index contributed by atoms with van der Waals surface area (Å²) in [6.07, 6.45) is 0.602. The highest BCUT2D eigenvalue weighted by Gasteiger charge is 2.40. The van der Waals surface area contributed by atoms with Gasteiger partial charge in [-0.2, -0.15) is 5.26 Å². The highest BCUT2D eigenvalue weighted by Crippen LogP contribution is 2.45. The van der Waals surface area contributed by atoms with Gasteiger partial charge in [-0.25, -0.2) is 8.78 Å². The normalized spacial score (nSPS) is 19.4. The second kappa shape index (κ2) is 11.1. The summed E-state index contributed by atoms with van der Waals surface area (Å²) in [5, 5.41) is 10.0. The van der Waals surface area contributed by atoms with Gasteiger partial charge in [-0.1, -0.05) is 24.8 Å². The number of ether oxygens (including phenoxy) is 1. The Morgan fingerprint density at radius 2 is 1.95 bits per heavy atom. The van der Waals surface area contributed by atoms with Gasteiger partial charge >= 0.3 is 0 Å². The van der Waals surface area contributed by atoms with E-state index in [4.69, 9.17) is 10.00 Å². The summed E-state index contributed by atoms with van der Waals surface area (Å²) in [7, 11) is 0. The van der Waals surface area contributed by atoms with E-state index in [2.05, 4.69) is 11.6 Å². The van der Waals surface area contributed by atoms with E-state index in [-0.39, 0.29) is 60.9 Å². The molecule has 0 aliphatic carbocycles. The van der Waals surface area contributed by atoms with Crippen molar-refractivity contribution in [2.45, 2.75) is 38.3 Å². The zero-order chi connectivity index (χ0) is 27.7. The number of nitriles is 1. The van der Waals surface area contributed by atoms with Crippen molar-refractivity contribution in [3.05, 3.63) is 71.4 Å². The number of hydrogen-bond acceptors (Lipinski definition) is 4. The molecule has 2 aliphatic heterocycles. The lowest BCUT2D eigenvalue weighted by Crippen LogP contribution is -2.49. The molecule has 6 nitrogen and oxygen atoms in total. The smallest absolute Gasteiger partial charge is 0.224 e. The van der Waals surface area contributed by atoms with Crippen molar-refractivity contribution in [2.75, 3.05) is 32.9 Å². The topological polar surface area (TPSA) is 72.4 Å². The van der Waals surface area contributed by atoms with E-state index in [0.29, 0.717) is 31.7 Å². The summed E-state index contributed by atoms with van der Waals surface area (Å²) >= 11 is 0. The van der Waals surface area contributed by atoms with Crippen LogP contribution in [0, 0.1) is 28.9 Å². The molecule has 2 aliphatic rings. The molecule has 1 fully saturated rings. The predicted molar refractivity (Wildman–Crippen MR) is 143 cm³/mol. The van der Waals surface area contributed by atoms with Gasteiger partial charge in [-0.05, 0) is 30.5 Å². The average molecular weight is 537 g/mol. The third-order valence-corrected chi connectivity index (χ3v) is 7.71. The fourth-order valence-corrected chi connectivity index (χ4v) is 5.81. The van der Waals surface area contributed by atoms with Crippen molar-refractivity contribution in [1.82, 2.24) is 14.8 Å². The number of aromatic amines is 1. The molecular weight excluding hydrogens is 505 g/mol. The fraction of sp³-hybridized carbons (Fsp3) is 0.400. The second-order valence-electron chi connectivity index (χ2n) is 10.4. The SMILES string of the molecule is C=C(c1c(F)cc(OCCN2CC(CF)C2)cc1F)[C@@H]1c2[nH]c3ccccc3c2C[C@@H](C)N1C(=O)CCC#N. The van der Waals surface area contributed by atoms with Crippen LogP contribution in [0.4, 0.5) is 13.2 Å². The number of alkyl halides is 1. The first kappa shape index (κ1) is 26.8. The number of hydrogen-bond donors (Lipinski definition) is 1. The van der Waals surface area contributed by atoms with Gasteiger partial charge in [0.15, 0.2) is 0 Å². The van der Waals surface area contributed by atoms with Crippen LogP contribution >= 0.6 is 0 Å². The van der Waals surface area contributed by atoms with Gasteiger partial charge in [0.2, 0.25) is 5.91 Å². The van der Waals surface area contributed by atoms with Crippen molar-refractivity contribution in [3.63, 3.8) is 0 Å². The maximum Gasteiger partial charge on any atom is 0.224 e. The molecule has 1 aromatic heterocycles. The quantitative estimate of drug-likeness (QED) is 0.389. The molecule has 0 spiro atoms. The molecule has 0 saturated carbocycles. The molecule has 1 N–H and O–H groups in total. The van der Waals surface area contributed by atoms with Gasteiger partial charge in [-0.15, -0.1) is 0 Å². The Morgan fingerprint density at radius 1 is 1.23 bits per heavy atom. The number of amides is 1. The molecule has 0 bridgehead atoms. The molecule has 3 aromatic rings. The highest BCUT2D eigenvalue weighted by molar-refractivity contribution is 5.89. The number of benzene rings is 2. The molecule has 204 valence electrons. The third-order valence-electron chi connectivity index (χ3n) is 7.71. The first-order valence-corrected chi connectivity index (χ1v) is 13.2. The van der Waals surface area contributed by atoms with Crippen LogP contribution in [0.5, 0.6) is 5.75 Å². The van der Waals surface area contributed by atoms with E-state index in [1.54, 1.807) is 4.90 Å². The highest BCUT2D eigenvalue weighted by atomic mass is 19.1. The summed E-state index contributed by atoms with van der Waals surface area (Å²) in [6, 6.07) is 10.9. The van der Waals surface area contributed by atoms with Crippen LogP contribution < -0.4 is 4.74 Å². The third kappa shape index (κ3) is 5.13. The number of likely N-dealkylation sites (tertiary alicyclic amines) is 1. The number of fused-ring (bicyclic) bond motifs is 3. The maximum absolute atomic E-state index is 15.5. The molecule has 0 unspecified atom stereocenters. The number of para-hydroxylation sites is 1. The van der Waals surface area contributed by atoms with Crippen LogP contribution in [0.1, 0.15) is 42.6 Å². The maximum atomic E-state index is 15.5. The van der Waals surface area contributed by atoms with Crippen molar-refractivity contribution in [1.29, 1.82) is 5.26 Å². The fourth-order valence-electron chi connectivity index (χ4n) is 5.81. The summed E-state index contributed by atoms with van der Waals surface area (Å²) < 4.78 is 49.2. The molecule has 1 saturated heterocycles.